The first kappa shape index (κ1) is 16.9. The average molecular weight is 348 g/mol. The number of aryl methyl sites for hydroxylation is 1. The highest BCUT2D eigenvalue weighted by atomic mass is 35.5. The maximum absolute atomic E-state index is 13.9. The monoisotopic (exact) mass is 347 g/mol. The number of benzene rings is 2. The molecule has 1 saturated heterocycles. The van der Waals surface area contributed by atoms with Crippen LogP contribution in [0.3, 0.4) is 0 Å². The number of hydrogen-bond acceptors (Lipinski definition) is 1. The summed E-state index contributed by atoms with van der Waals surface area (Å²) in [6.07, 6.45) is 0. The van der Waals surface area contributed by atoms with Crippen molar-refractivity contribution in [1.29, 1.82) is 0 Å². The third-order valence-electron chi connectivity index (χ3n) is 4.62. The van der Waals surface area contributed by atoms with Gasteiger partial charge in [-0.3, -0.25) is 4.79 Å². The molecule has 2 aromatic carbocycles. The molecule has 0 saturated carbocycles. The number of nitrogens with one attached hydrogen (secondary N) is 1. The lowest BCUT2D eigenvalue weighted by atomic mass is 10.1. The summed E-state index contributed by atoms with van der Waals surface area (Å²) in [4.78, 5) is 15.7. The van der Waals surface area contributed by atoms with Gasteiger partial charge < -0.3 is 9.80 Å². The summed E-state index contributed by atoms with van der Waals surface area (Å²) in [6, 6.07) is 12.6. The van der Waals surface area contributed by atoms with Crippen LogP contribution < -0.4 is 4.90 Å². The molecule has 24 heavy (non-hydrogen) atoms. The second kappa shape index (κ2) is 7.32. The number of piperazine rings is 1. The summed E-state index contributed by atoms with van der Waals surface area (Å²) in [5.74, 6) is -0.804. The number of nitrogens with zero attached hydrogens (tertiary/aromatic N) is 1. The minimum absolute atomic E-state index is 0.0988. The molecule has 1 fully saturated rings. The minimum Gasteiger partial charge on any atom is -0.328 e. The van der Waals surface area contributed by atoms with Gasteiger partial charge in [0.05, 0.1) is 31.7 Å². The molecule has 1 aliphatic heterocycles. The van der Waals surface area contributed by atoms with Crippen LogP contribution in [-0.4, -0.2) is 37.0 Å². The van der Waals surface area contributed by atoms with E-state index in [0.29, 0.717) is 18.1 Å². The van der Waals surface area contributed by atoms with Crippen LogP contribution in [0.4, 0.5) is 4.39 Å². The Morgan fingerprint density at radius 2 is 1.92 bits per heavy atom. The van der Waals surface area contributed by atoms with Crippen LogP contribution in [0.25, 0.3) is 0 Å². The Balaban J connectivity index is 1.60. The molecule has 0 aliphatic carbocycles. The summed E-state index contributed by atoms with van der Waals surface area (Å²) in [6.45, 7) is 6.11. The molecule has 5 heteroatoms. The van der Waals surface area contributed by atoms with E-state index in [0.717, 1.165) is 19.6 Å². The van der Waals surface area contributed by atoms with Crippen LogP contribution in [0, 0.1) is 12.7 Å². The van der Waals surface area contributed by atoms with Gasteiger partial charge in [-0.25, -0.2) is 4.39 Å². The Morgan fingerprint density at radius 1 is 1.21 bits per heavy atom. The second-order valence-corrected chi connectivity index (χ2v) is 6.71. The molecular weight excluding hydrogens is 327 g/mol. The molecule has 1 N–H and O–H groups in total. The SMILES string of the molecule is Cc1ccccc1C[NH+]1CCN(C(=O)c2ccc(Cl)cc2F)CC1. The fourth-order valence-corrected chi connectivity index (χ4v) is 3.27. The summed E-state index contributed by atoms with van der Waals surface area (Å²) in [7, 11) is 0. The van der Waals surface area contributed by atoms with E-state index < -0.39 is 5.82 Å². The van der Waals surface area contributed by atoms with Crippen molar-refractivity contribution < 1.29 is 14.1 Å². The predicted octanol–water partition coefficient (Wildman–Crippen LogP) is 2.33. The maximum Gasteiger partial charge on any atom is 0.257 e. The largest absolute Gasteiger partial charge is 0.328 e. The van der Waals surface area contributed by atoms with Crippen LogP contribution in [0.5, 0.6) is 0 Å². The number of rotatable bonds is 3. The highest BCUT2D eigenvalue weighted by Gasteiger charge is 2.26. The molecule has 0 bridgehead atoms. The zero-order chi connectivity index (χ0) is 17.1. The van der Waals surface area contributed by atoms with Crippen molar-refractivity contribution >= 4 is 17.5 Å². The third-order valence-corrected chi connectivity index (χ3v) is 4.86. The number of amides is 1. The van der Waals surface area contributed by atoms with Crippen molar-refractivity contribution in [3.63, 3.8) is 0 Å². The van der Waals surface area contributed by atoms with Gasteiger partial charge >= 0.3 is 0 Å². The smallest absolute Gasteiger partial charge is 0.257 e. The Kier molecular flexibility index (Phi) is 5.17. The number of quaternary nitrogens is 1. The summed E-state index contributed by atoms with van der Waals surface area (Å²) >= 11 is 5.75. The first-order chi connectivity index (χ1) is 11.5. The molecule has 0 atom stereocenters. The van der Waals surface area contributed by atoms with Crippen LogP contribution in [0.1, 0.15) is 21.5 Å². The van der Waals surface area contributed by atoms with Crippen molar-refractivity contribution in [2.24, 2.45) is 0 Å². The Morgan fingerprint density at radius 3 is 2.58 bits per heavy atom. The van der Waals surface area contributed by atoms with Crippen molar-refractivity contribution in [2.45, 2.75) is 13.5 Å². The van der Waals surface area contributed by atoms with E-state index in [4.69, 9.17) is 11.6 Å². The molecule has 3 nitrogen and oxygen atoms in total. The van der Waals surface area contributed by atoms with Crippen molar-refractivity contribution in [3.8, 4) is 0 Å². The molecule has 0 spiro atoms. The molecule has 0 radical (unpaired) electrons. The molecule has 0 unspecified atom stereocenters. The summed E-state index contributed by atoms with van der Waals surface area (Å²) < 4.78 is 13.9. The zero-order valence-corrected chi connectivity index (χ0v) is 14.4. The molecule has 1 aliphatic rings. The molecule has 1 heterocycles. The van der Waals surface area contributed by atoms with E-state index in [2.05, 4.69) is 25.1 Å². The van der Waals surface area contributed by atoms with Crippen molar-refractivity contribution in [1.82, 2.24) is 4.90 Å². The zero-order valence-electron chi connectivity index (χ0n) is 13.7. The van der Waals surface area contributed by atoms with Crippen LogP contribution >= 0.6 is 11.6 Å². The van der Waals surface area contributed by atoms with Crippen molar-refractivity contribution in [3.05, 3.63) is 70.0 Å². The minimum atomic E-state index is -0.554. The lowest BCUT2D eigenvalue weighted by Crippen LogP contribution is -3.13. The normalized spacial score (nSPS) is 15.5. The lowest BCUT2D eigenvalue weighted by Gasteiger charge is -2.32. The van der Waals surface area contributed by atoms with Gasteiger partial charge in [0.1, 0.15) is 12.4 Å². The van der Waals surface area contributed by atoms with Gasteiger partial charge in [-0.05, 0) is 30.7 Å². The average Bonchev–Trinajstić information content (AvgIpc) is 2.57. The van der Waals surface area contributed by atoms with Gasteiger partial charge in [-0.1, -0.05) is 35.9 Å². The molecular formula is C19H21ClFN2O+. The number of carbonyl (C=O) groups excluding carboxylic acids is 1. The highest BCUT2D eigenvalue weighted by Crippen LogP contribution is 2.16. The first-order valence-electron chi connectivity index (χ1n) is 8.17. The molecule has 1 amide bonds. The molecule has 2 aromatic rings. The molecule has 126 valence electrons. The Hall–Kier alpha value is -1.91. The van der Waals surface area contributed by atoms with E-state index in [9.17, 15) is 9.18 Å². The summed E-state index contributed by atoms with van der Waals surface area (Å²) in [5.41, 5.74) is 2.74. The van der Waals surface area contributed by atoms with Crippen LogP contribution in [0.15, 0.2) is 42.5 Å². The molecule has 3 rings (SSSR count). The fourth-order valence-electron chi connectivity index (χ4n) is 3.11. The van der Waals surface area contributed by atoms with Crippen molar-refractivity contribution in [2.75, 3.05) is 26.2 Å². The van der Waals surface area contributed by atoms with E-state index >= 15 is 0 Å². The van der Waals surface area contributed by atoms with E-state index in [1.54, 1.807) is 11.0 Å². The van der Waals surface area contributed by atoms with Gasteiger partial charge in [0.2, 0.25) is 0 Å². The standard InChI is InChI=1S/C19H20ClFN2O/c1-14-4-2-3-5-15(14)13-22-8-10-23(11-9-22)19(24)17-7-6-16(20)12-18(17)21/h2-7,12H,8-11,13H2,1H3/p+1. The lowest BCUT2D eigenvalue weighted by molar-refractivity contribution is -0.917. The first-order valence-corrected chi connectivity index (χ1v) is 8.55. The fraction of sp³-hybridized carbons (Fsp3) is 0.316. The molecule has 0 aromatic heterocycles. The van der Waals surface area contributed by atoms with Gasteiger partial charge in [0, 0.05) is 10.6 Å². The number of hydrogen-bond donors (Lipinski definition) is 1. The third kappa shape index (κ3) is 3.77. The number of halogens is 2. The van der Waals surface area contributed by atoms with E-state index in [1.165, 1.54) is 28.2 Å². The van der Waals surface area contributed by atoms with Gasteiger partial charge in [-0.2, -0.15) is 0 Å². The highest BCUT2D eigenvalue weighted by molar-refractivity contribution is 6.30. The Bertz CT molecular complexity index is 742. The van der Waals surface area contributed by atoms with E-state index in [1.807, 2.05) is 6.07 Å². The maximum atomic E-state index is 13.9. The Labute approximate surface area is 146 Å². The quantitative estimate of drug-likeness (QED) is 0.905. The predicted molar refractivity (Wildman–Crippen MR) is 92.9 cm³/mol. The number of carbonyl (C=O) groups is 1. The van der Waals surface area contributed by atoms with Gasteiger partial charge in [0.15, 0.2) is 0 Å². The second-order valence-electron chi connectivity index (χ2n) is 6.27. The van der Waals surface area contributed by atoms with Gasteiger partial charge in [0.25, 0.3) is 5.91 Å². The van der Waals surface area contributed by atoms with Crippen LogP contribution in [0.2, 0.25) is 5.02 Å². The van der Waals surface area contributed by atoms with Crippen LogP contribution in [-0.2, 0) is 6.54 Å². The van der Waals surface area contributed by atoms with E-state index in [-0.39, 0.29) is 11.5 Å². The van der Waals surface area contributed by atoms with Gasteiger partial charge in [-0.15, -0.1) is 0 Å². The summed E-state index contributed by atoms with van der Waals surface area (Å²) in [5, 5.41) is 0.302. The topological polar surface area (TPSA) is 24.8 Å².